The summed E-state index contributed by atoms with van der Waals surface area (Å²) in [6.45, 7) is 4.63. The molecule has 4 aromatic carbocycles. The van der Waals surface area contributed by atoms with E-state index in [9.17, 15) is 24.3 Å². The Hall–Kier alpha value is -5.44. The molecule has 0 radical (unpaired) electrons. The molecule has 9 heteroatoms. The topological polar surface area (TPSA) is 131 Å². The van der Waals surface area contributed by atoms with Crippen LogP contribution in [0.1, 0.15) is 83.7 Å². The van der Waals surface area contributed by atoms with Crippen LogP contribution in [0.25, 0.3) is 0 Å². The maximum Gasteiger partial charge on any atom is 0.343 e. The first-order valence-corrected chi connectivity index (χ1v) is 16.3. The number of hydrogen-bond acceptors (Lipinski definition) is 6. The number of carboxylic acids is 1. The van der Waals surface area contributed by atoms with Crippen molar-refractivity contribution in [2.45, 2.75) is 64.3 Å². The van der Waals surface area contributed by atoms with E-state index in [1.54, 1.807) is 60.7 Å². The van der Waals surface area contributed by atoms with Crippen molar-refractivity contribution in [1.82, 2.24) is 5.32 Å². The van der Waals surface area contributed by atoms with Crippen LogP contribution in [0.2, 0.25) is 0 Å². The van der Waals surface area contributed by atoms with Gasteiger partial charge in [0.1, 0.15) is 17.5 Å². The number of rotatable bonds is 17. The minimum Gasteiger partial charge on any atom is -0.494 e. The van der Waals surface area contributed by atoms with Crippen LogP contribution in [0.4, 0.5) is 5.69 Å². The molecule has 0 heterocycles. The van der Waals surface area contributed by atoms with Gasteiger partial charge in [-0.25, -0.2) is 9.59 Å². The quantitative estimate of drug-likeness (QED) is 0.0616. The van der Waals surface area contributed by atoms with E-state index in [1.807, 2.05) is 37.3 Å². The number of anilines is 1. The zero-order valence-electron chi connectivity index (χ0n) is 27.3. The molecule has 0 aliphatic rings. The molecule has 250 valence electrons. The lowest BCUT2D eigenvalue weighted by atomic mass is 10.0. The van der Waals surface area contributed by atoms with Gasteiger partial charge in [0.2, 0.25) is 5.91 Å². The van der Waals surface area contributed by atoms with Gasteiger partial charge in [0.05, 0.1) is 18.1 Å². The van der Waals surface area contributed by atoms with E-state index in [4.69, 9.17) is 9.47 Å². The summed E-state index contributed by atoms with van der Waals surface area (Å²) in [7, 11) is 0. The number of unbranched alkanes of at least 4 members (excludes halogenated alkanes) is 4. The van der Waals surface area contributed by atoms with Gasteiger partial charge in [-0.15, -0.1) is 0 Å². The zero-order chi connectivity index (χ0) is 34.3. The summed E-state index contributed by atoms with van der Waals surface area (Å²) in [5.41, 5.74) is 2.66. The molecule has 2 atom stereocenters. The lowest BCUT2D eigenvalue weighted by Crippen LogP contribution is -2.42. The molecule has 0 saturated heterocycles. The molecule has 3 N–H and O–H groups in total. The van der Waals surface area contributed by atoms with Crippen molar-refractivity contribution >= 4 is 29.4 Å². The minimum atomic E-state index is -1.20. The van der Waals surface area contributed by atoms with E-state index in [0.29, 0.717) is 34.9 Å². The van der Waals surface area contributed by atoms with E-state index >= 15 is 0 Å². The van der Waals surface area contributed by atoms with Crippen molar-refractivity contribution in [2.24, 2.45) is 0 Å². The number of amides is 2. The molecule has 0 unspecified atom stereocenters. The van der Waals surface area contributed by atoms with Crippen LogP contribution in [-0.4, -0.2) is 41.5 Å². The molecule has 0 bridgehead atoms. The summed E-state index contributed by atoms with van der Waals surface area (Å²) >= 11 is 0. The van der Waals surface area contributed by atoms with Gasteiger partial charge < -0.3 is 25.2 Å². The number of ether oxygens (including phenoxy) is 2. The van der Waals surface area contributed by atoms with Crippen molar-refractivity contribution in [3.63, 3.8) is 0 Å². The Morgan fingerprint density at radius 2 is 1.35 bits per heavy atom. The third kappa shape index (κ3) is 10.8. The Labute approximate surface area is 281 Å². The van der Waals surface area contributed by atoms with Crippen LogP contribution in [0.3, 0.4) is 0 Å². The Morgan fingerprint density at radius 3 is 2.00 bits per heavy atom. The average Bonchev–Trinajstić information content (AvgIpc) is 3.10. The monoisotopic (exact) mass is 650 g/mol. The number of benzene rings is 4. The molecule has 2 amide bonds. The predicted octanol–water partition coefficient (Wildman–Crippen LogP) is 7.42. The zero-order valence-corrected chi connectivity index (χ0v) is 27.3. The summed E-state index contributed by atoms with van der Waals surface area (Å²) in [5.74, 6) is -1.83. The molecule has 0 fully saturated rings. The van der Waals surface area contributed by atoms with Gasteiger partial charge in [0.15, 0.2) is 0 Å². The molecule has 4 rings (SSSR count). The minimum absolute atomic E-state index is 0.0148. The van der Waals surface area contributed by atoms with Gasteiger partial charge in [-0.1, -0.05) is 75.1 Å². The Kier molecular flexibility index (Phi) is 13.3. The van der Waals surface area contributed by atoms with Crippen LogP contribution in [0.5, 0.6) is 11.5 Å². The normalized spacial score (nSPS) is 12.0. The van der Waals surface area contributed by atoms with Crippen LogP contribution in [0, 0.1) is 0 Å². The van der Waals surface area contributed by atoms with E-state index < -0.39 is 23.9 Å². The fraction of sp³-hybridized carbons (Fsp3) is 0.282. The van der Waals surface area contributed by atoms with Crippen LogP contribution in [-0.2, 0) is 16.0 Å². The molecule has 48 heavy (non-hydrogen) atoms. The number of esters is 1. The average molecular weight is 651 g/mol. The number of carbonyl (C=O) groups excluding carboxylic acids is 3. The fourth-order valence-corrected chi connectivity index (χ4v) is 4.97. The SMILES string of the molecule is CCCCCCCOc1ccc(C(=O)Oc2ccc(C[C@H](NC(=O)c3ccc(NC(=O)[C@H](C)c4ccccc4)cc3)C(=O)O)cc2)cc1. The van der Waals surface area contributed by atoms with Crippen LogP contribution < -0.4 is 20.1 Å². The third-order valence-electron chi connectivity index (χ3n) is 7.89. The molecule has 9 nitrogen and oxygen atoms in total. The molecule has 0 aliphatic heterocycles. The highest BCUT2D eigenvalue weighted by Gasteiger charge is 2.22. The van der Waals surface area contributed by atoms with Gasteiger partial charge >= 0.3 is 11.9 Å². The van der Waals surface area contributed by atoms with E-state index in [1.165, 1.54) is 31.4 Å². The first kappa shape index (κ1) is 35.4. The Balaban J connectivity index is 1.25. The summed E-state index contributed by atoms with van der Waals surface area (Å²) in [4.78, 5) is 50.2. The smallest absolute Gasteiger partial charge is 0.343 e. The lowest BCUT2D eigenvalue weighted by molar-refractivity contribution is -0.139. The fourth-order valence-electron chi connectivity index (χ4n) is 4.97. The molecular formula is C39H42N2O7. The number of nitrogens with one attached hydrogen (secondary N) is 2. The highest BCUT2D eigenvalue weighted by atomic mass is 16.5. The second-order valence-electron chi connectivity index (χ2n) is 11.6. The molecular weight excluding hydrogens is 608 g/mol. The number of carboxylic acid groups (broad SMARTS) is 1. The Bertz CT molecular complexity index is 1640. The van der Waals surface area contributed by atoms with Crippen molar-refractivity contribution in [3.8, 4) is 11.5 Å². The Morgan fingerprint density at radius 1 is 0.729 bits per heavy atom. The van der Waals surface area contributed by atoms with Gasteiger partial charge in [0.25, 0.3) is 5.91 Å². The second kappa shape index (κ2) is 18.0. The molecule has 0 spiro atoms. The van der Waals surface area contributed by atoms with Crippen molar-refractivity contribution in [2.75, 3.05) is 11.9 Å². The van der Waals surface area contributed by atoms with E-state index in [2.05, 4.69) is 17.6 Å². The molecule has 4 aromatic rings. The highest BCUT2D eigenvalue weighted by Crippen LogP contribution is 2.20. The summed E-state index contributed by atoms with van der Waals surface area (Å²) in [5, 5.41) is 15.2. The van der Waals surface area contributed by atoms with Crippen LogP contribution >= 0.6 is 0 Å². The van der Waals surface area contributed by atoms with Gasteiger partial charge in [-0.05, 0) is 85.1 Å². The standard InChI is InChI=1S/C39H42N2O7/c1-3-4-5-6-10-25-47-33-23-17-31(18-24-33)39(46)48-34-21-13-28(14-22-34)26-35(38(44)45)41-37(43)30-15-19-32(20-16-30)40-36(42)27(2)29-11-8-7-9-12-29/h7-9,11-24,27,35H,3-6,10,25-26H2,1-2H3,(H,40,42)(H,41,43)(H,44,45)/t27-,35+/m1/s1. The maximum atomic E-state index is 12.9. The first-order chi connectivity index (χ1) is 23.2. The summed E-state index contributed by atoms with van der Waals surface area (Å²) in [6.07, 6.45) is 5.78. The first-order valence-electron chi connectivity index (χ1n) is 16.3. The van der Waals surface area contributed by atoms with Gasteiger partial charge in [0, 0.05) is 17.7 Å². The number of hydrogen-bond donors (Lipinski definition) is 3. The lowest BCUT2D eigenvalue weighted by Gasteiger charge is -2.16. The van der Waals surface area contributed by atoms with E-state index in [-0.39, 0.29) is 23.8 Å². The summed E-state index contributed by atoms with van der Waals surface area (Å²) < 4.78 is 11.2. The van der Waals surface area contributed by atoms with Gasteiger partial charge in [-0.3, -0.25) is 9.59 Å². The van der Waals surface area contributed by atoms with E-state index in [0.717, 1.165) is 18.4 Å². The van der Waals surface area contributed by atoms with Crippen molar-refractivity contribution in [3.05, 3.63) is 125 Å². The molecule has 0 saturated carbocycles. The molecule has 0 aromatic heterocycles. The number of aliphatic carboxylic acids is 1. The van der Waals surface area contributed by atoms with Gasteiger partial charge in [-0.2, -0.15) is 0 Å². The largest absolute Gasteiger partial charge is 0.494 e. The predicted molar refractivity (Wildman–Crippen MR) is 185 cm³/mol. The maximum absolute atomic E-state index is 12.9. The summed E-state index contributed by atoms with van der Waals surface area (Å²) in [6, 6.07) is 27.7. The molecule has 0 aliphatic carbocycles. The highest BCUT2D eigenvalue weighted by molar-refractivity contribution is 5.98. The van der Waals surface area contributed by atoms with Crippen molar-refractivity contribution in [1.29, 1.82) is 0 Å². The number of carbonyl (C=O) groups is 4. The second-order valence-corrected chi connectivity index (χ2v) is 11.6. The third-order valence-corrected chi connectivity index (χ3v) is 7.89. The van der Waals surface area contributed by atoms with Crippen LogP contribution in [0.15, 0.2) is 103 Å². The van der Waals surface area contributed by atoms with Crippen molar-refractivity contribution < 1.29 is 33.8 Å².